The molecule has 0 radical (unpaired) electrons. The van der Waals surface area contributed by atoms with Gasteiger partial charge in [-0.3, -0.25) is 24.1 Å². The molecule has 4 amide bonds. The number of rotatable bonds is 11. The van der Waals surface area contributed by atoms with Crippen molar-refractivity contribution in [3.8, 4) is 0 Å². The maximum atomic E-state index is 14.0. The van der Waals surface area contributed by atoms with Crippen LogP contribution in [-0.4, -0.2) is 88.6 Å². The van der Waals surface area contributed by atoms with E-state index in [9.17, 15) is 24.0 Å². The number of amides is 4. The summed E-state index contributed by atoms with van der Waals surface area (Å²) in [6.07, 6.45) is 0.708. The first-order valence-corrected chi connectivity index (χ1v) is 14.0. The molecule has 0 aromatic heterocycles. The number of ether oxygens (including phenoxy) is 1. The molecule has 2 aromatic rings. The zero-order valence-corrected chi connectivity index (χ0v) is 24.5. The van der Waals surface area contributed by atoms with Crippen LogP contribution in [0.5, 0.6) is 0 Å². The summed E-state index contributed by atoms with van der Waals surface area (Å²) in [7, 11) is 1.46. The average Bonchev–Trinajstić information content (AvgIpc) is 3.44. The lowest BCUT2D eigenvalue weighted by Crippen LogP contribution is -2.58. The number of carbonyl (C=O) groups excluding carboxylic acids is 4. The van der Waals surface area contributed by atoms with E-state index in [0.29, 0.717) is 19.4 Å². The van der Waals surface area contributed by atoms with Crippen LogP contribution in [0, 0.1) is 0 Å². The van der Waals surface area contributed by atoms with E-state index in [1.54, 1.807) is 32.9 Å². The summed E-state index contributed by atoms with van der Waals surface area (Å²) in [6, 6.07) is 15.3. The van der Waals surface area contributed by atoms with Gasteiger partial charge in [0.2, 0.25) is 17.7 Å². The summed E-state index contributed by atoms with van der Waals surface area (Å²) in [5.74, 6) is -2.86. The van der Waals surface area contributed by atoms with Crippen molar-refractivity contribution in [1.82, 2.24) is 20.4 Å². The minimum absolute atomic E-state index is 0.135. The summed E-state index contributed by atoms with van der Waals surface area (Å²) in [5.41, 5.74) is 0.828. The molecule has 1 heterocycles. The molecule has 0 aliphatic carbocycles. The number of aliphatic carboxylic acids is 1. The number of carbonyl (C=O) groups is 5. The highest BCUT2D eigenvalue weighted by molar-refractivity contribution is 5.94. The maximum Gasteiger partial charge on any atom is 0.410 e. The molecule has 42 heavy (non-hydrogen) atoms. The number of hydrogen-bond donors (Lipinski definition) is 3. The van der Waals surface area contributed by atoms with Crippen LogP contribution in [-0.2, 0) is 36.8 Å². The van der Waals surface area contributed by atoms with Crippen LogP contribution in [0.25, 0.3) is 0 Å². The maximum absolute atomic E-state index is 14.0. The highest BCUT2D eigenvalue weighted by atomic mass is 16.6. The van der Waals surface area contributed by atoms with Crippen LogP contribution in [0.3, 0.4) is 0 Å². The van der Waals surface area contributed by atoms with Gasteiger partial charge in [0.25, 0.3) is 0 Å². The Hall–Kier alpha value is -4.41. The third kappa shape index (κ3) is 9.32. The van der Waals surface area contributed by atoms with Gasteiger partial charge in [0.05, 0.1) is 0 Å². The molecule has 226 valence electrons. The summed E-state index contributed by atoms with van der Waals surface area (Å²) < 4.78 is 5.49. The van der Waals surface area contributed by atoms with Crippen LogP contribution in [0.4, 0.5) is 4.79 Å². The Labute approximate surface area is 246 Å². The first-order valence-electron chi connectivity index (χ1n) is 14.0. The van der Waals surface area contributed by atoms with E-state index in [-0.39, 0.29) is 12.8 Å². The van der Waals surface area contributed by atoms with Gasteiger partial charge in [-0.1, -0.05) is 60.7 Å². The smallest absolute Gasteiger partial charge is 0.410 e. The van der Waals surface area contributed by atoms with Gasteiger partial charge < -0.3 is 25.4 Å². The van der Waals surface area contributed by atoms with Crippen molar-refractivity contribution in [2.24, 2.45) is 0 Å². The Morgan fingerprint density at radius 1 is 0.976 bits per heavy atom. The van der Waals surface area contributed by atoms with Gasteiger partial charge in [-0.2, -0.15) is 0 Å². The van der Waals surface area contributed by atoms with Crippen molar-refractivity contribution in [2.45, 2.75) is 70.2 Å². The predicted molar refractivity (Wildman–Crippen MR) is 155 cm³/mol. The number of likely N-dealkylation sites (N-methyl/N-ethyl adjacent to an activating group) is 1. The fourth-order valence-electron chi connectivity index (χ4n) is 4.82. The zero-order chi connectivity index (χ0) is 30.9. The SMILES string of the molecule is CN(C(=O)[C@H](Cc1ccccc1)NC(=O)[C@@H]1CCCN1C(=O)OC(C)(C)C)[C@@H](Cc1ccccc1)C(=O)NCC(=O)O. The van der Waals surface area contributed by atoms with Gasteiger partial charge in [-0.05, 0) is 44.7 Å². The summed E-state index contributed by atoms with van der Waals surface area (Å²) >= 11 is 0. The summed E-state index contributed by atoms with van der Waals surface area (Å²) in [6.45, 7) is 5.00. The second-order valence-corrected chi connectivity index (χ2v) is 11.3. The van der Waals surface area contributed by atoms with Crippen LogP contribution in [0.15, 0.2) is 60.7 Å². The van der Waals surface area contributed by atoms with Crippen molar-refractivity contribution in [3.05, 3.63) is 71.8 Å². The van der Waals surface area contributed by atoms with Gasteiger partial charge in [-0.15, -0.1) is 0 Å². The van der Waals surface area contributed by atoms with E-state index in [1.165, 1.54) is 16.8 Å². The van der Waals surface area contributed by atoms with E-state index in [2.05, 4.69) is 10.6 Å². The fraction of sp³-hybridized carbons (Fsp3) is 0.452. The van der Waals surface area contributed by atoms with Crippen LogP contribution >= 0.6 is 0 Å². The Morgan fingerprint density at radius 2 is 1.55 bits per heavy atom. The first-order chi connectivity index (χ1) is 19.9. The van der Waals surface area contributed by atoms with Crippen molar-refractivity contribution < 1.29 is 33.8 Å². The molecular formula is C31H40N4O7. The third-order valence-corrected chi connectivity index (χ3v) is 6.88. The quantitative estimate of drug-likeness (QED) is 0.370. The Balaban J connectivity index is 1.86. The number of hydrogen-bond acceptors (Lipinski definition) is 6. The molecule has 1 aliphatic heterocycles. The first kappa shape index (κ1) is 32.1. The number of nitrogens with one attached hydrogen (secondary N) is 2. The number of carboxylic acids is 1. The van der Waals surface area contributed by atoms with E-state index in [4.69, 9.17) is 9.84 Å². The molecule has 0 unspecified atom stereocenters. The second kappa shape index (κ2) is 14.5. The normalized spacial score (nSPS) is 16.2. The van der Waals surface area contributed by atoms with E-state index in [1.807, 2.05) is 48.5 Å². The fourth-order valence-corrected chi connectivity index (χ4v) is 4.82. The van der Waals surface area contributed by atoms with Crippen LogP contribution in [0.2, 0.25) is 0 Å². The number of nitrogens with zero attached hydrogens (tertiary/aromatic N) is 2. The van der Waals surface area contributed by atoms with Crippen molar-refractivity contribution in [1.29, 1.82) is 0 Å². The molecule has 2 aromatic carbocycles. The minimum Gasteiger partial charge on any atom is -0.480 e. The van der Waals surface area contributed by atoms with Crippen LogP contribution < -0.4 is 10.6 Å². The van der Waals surface area contributed by atoms with Crippen LogP contribution in [0.1, 0.15) is 44.7 Å². The highest BCUT2D eigenvalue weighted by Crippen LogP contribution is 2.22. The molecule has 1 fully saturated rings. The topological polar surface area (TPSA) is 145 Å². The molecule has 11 nitrogen and oxygen atoms in total. The third-order valence-electron chi connectivity index (χ3n) is 6.88. The zero-order valence-electron chi connectivity index (χ0n) is 24.5. The molecule has 3 rings (SSSR count). The second-order valence-electron chi connectivity index (χ2n) is 11.3. The lowest BCUT2D eigenvalue weighted by molar-refractivity contribution is -0.143. The highest BCUT2D eigenvalue weighted by Gasteiger charge is 2.39. The van der Waals surface area contributed by atoms with Gasteiger partial charge in [0.1, 0.15) is 30.3 Å². The number of benzene rings is 2. The molecule has 0 saturated carbocycles. The van der Waals surface area contributed by atoms with E-state index >= 15 is 0 Å². The molecule has 3 atom stereocenters. The standard InChI is InChI=1S/C31H40N4O7/c1-31(2,3)42-30(41)35-17-11-16-24(35)28(39)33-23(18-21-12-7-5-8-13-21)29(40)34(4)25(27(38)32-20-26(36)37)19-22-14-9-6-10-15-22/h5-10,12-15,23-25H,11,16-20H2,1-4H3,(H,32,38)(H,33,39)(H,36,37)/t23-,24-,25-/m0/s1. The Morgan fingerprint density at radius 3 is 2.10 bits per heavy atom. The molecule has 1 saturated heterocycles. The molecule has 1 aliphatic rings. The summed E-state index contributed by atoms with van der Waals surface area (Å²) in [5, 5.41) is 14.3. The monoisotopic (exact) mass is 580 g/mol. The Kier molecular flexibility index (Phi) is 11.1. The molecular weight excluding hydrogens is 540 g/mol. The van der Waals surface area contributed by atoms with Gasteiger partial charge in [0, 0.05) is 26.4 Å². The molecule has 0 spiro atoms. The predicted octanol–water partition coefficient (Wildman–Crippen LogP) is 2.38. The van der Waals surface area contributed by atoms with E-state index < -0.39 is 60.1 Å². The average molecular weight is 581 g/mol. The molecule has 0 bridgehead atoms. The largest absolute Gasteiger partial charge is 0.480 e. The van der Waals surface area contributed by atoms with Crippen molar-refractivity contribution in [3.63, 3.8) is 0 Å². The lowest BCUT2D eigenvalue weighted by atomic mass is 10.0. The number of likely N-dealkylation sites (tertiary alicyclic amines) is 1. The van der Waals surface area contributed by atoms with Crippen molar-refractivity contribution in [2.75, 3.05) is 20.1 Å². The van der Waals surface area contributed by atoms with Gasteiger partial charge in [0.15, 0.2) is 0 Å². The number of carboxylic acid groups (broad SMARTS) is 1. The molecule has 3 N–H and O–H groups in total. The van der Waals surface area contributed by atoms with Gasteiger partial charge >= 0.3 is 12.1 Å². The van der Waals surface area contributed by atoms with Crippen molar-refractivity contribution >= 4 is 29.8 Å². The lowest BCUT2D eigenvalue weighted by Gasteiger charge is -2.32. The summed E-state index contributed by atoms with van der Waals surface area (Å²) in [4.78, 5) is 67.2. The Bertz CT molecular complexity index is 1250. The van der Waals surface area contributed by atoms with E-state index in [0.717, 1.165) is 11.1 Å². The van der Waals surface area contributed by atoms with Gasteiger partial charge in [-0.25, -0.2) is 4.79 Å². The minimum atomic E-state index is -1.21. The molecule has 11 heteroatoms.